The Morgan fingerprint density at radius 3 is 2.53 bits per heavy atom. The number of nitrogens with one attached hydrogen (secondary N) is 1. The molecule has 3 fully saturated rings. The fourth-order valence-corrected chi connectivity index (χ4v) is 5.00. The van der Waals surface area contributed by atoms with Gasteiger partial charge in [0.25, 0.3) is 11.8 Å². The van der Waals surface area contributed by atoms with Crippen LogP contribution in [0, 0.1) is 0 Å². The maximum atomic E-state index is 13.1. The molecule has 32 heavy (non-hydrogen) atoms. The zero-order valence-corrected chi connectivity index (χ0v) is 18.5. The largest absolute Gasteiger partial charge is 0.391 e. The minimum absolute atomic E-state index is 0.0386. The van der Waals surface area contributed by atoms with Gasteiger partial charge in [-0.1, -0.05) is 0 Å². The molecule has 1 spiro atoms. The lowest BCUT2D eigenvalue weighted by molar-refractivity contribution is -0.162. The van der Waals surface area contributed by atoms with Gasteiger partial charge < -0.3 is 24.9 Å². The molecule has 12 nitrogen and oxygen atoms in total. The Morgan fingerprint density at radius 1 is 1.22 bits per heavy atom. The van der Waals surface area contributed by atoms with Crippen LogP contribution in [0.1, 0.15) is 43.2 Å². The van der Waals surface area contributed by atoms with Gasteiger partial charge in [0.2, 0.25) is 11.7 Å². The van der Waals surface area contributed by atoms with Crippen LogP contribution in [0.25, 0.3) is 0 Å². The minimum atomic E-state index is -1.19. The predicted octanol–water partition coefficient (Wildman–Crippen LogP) is -2.09. The Kier molecular flexibility index (Phi) is 6.19. The van der Waals surface area contributed by atoms with E-state index in [2.05, 4.69) is 15.4 Å². The Balaban J connectivity index is 1.37. The first-order valence-electron chi connectivity index (χ1n) is 11.1. The Morgan fingerprint density at radius 2 is 1.94 bits per heavy atom. The zero-order valence-electron chi connectivity index (χ0n) is 18.5. The third-order valence-electron chi connectivity index (χ3n) is 6.71. The minimum Gasteiger partial charge on any atom is -0.391 e. The van der Waals surface area contributed by atoms with E-state index in [1.807, 2.05) is 0 Å². The molecule has 4 heterocycles. The zero-order chi connectivity index (χ0) is 23.0. The number of carbonyl (C=O) groups is 3. The summed E-state index contributed by atoms with van der Waals surface area (Å²) < 4.78 is 1.39. The van der Waals surface area contributed by atoms with E-state index >= 15 is 0 Å². The number of amides is 3. The van der Waals surface area contributed by atoms with Gasteiger partial charge in [-0.25, -0.2) is 9.67 Å². The number of nitrogens with zero attached hydrogens (tertiary/aromatic N) is 6. The van der Waals surface area contributed by atoms with Gasteiger partial charge in [-0.2, -0.15) is 5.10 Å². The maximum absolute atomic E-state index is 13.1. The van der Waals surface area contributed by atoms with Gasteiger partial charge in [-0.15, -0.1) is 0 Å². The molecule has 3 saturated heterocycles. The van der Waals surface area contributed by atoms with E-state index in [0.717, 1.165) is 12.8 Å². The number of aliphatic hydroxyl groups is 2. The van der Waals surface area contributed by atoms with Crippen LogP contribution in [0.4, 0.5) is 0 Å². The third-order valence-corrected chi connectivity index (χ3v) is 6.71. The SMILES string of the molecule is C[C@@H](O)[C@H](NC(O)CN1CC2(CCCN2C(=O)c2ncnn2C)C1=O)C(=O)N1CCCC1. The van der Waals surface area contributed by atoms with Crippen LogP contribution in [0.15, 0.2) is 6.33 Å². The maximum Gasteiger partial charge on any atom is 0.292 e. The molecule has 0 bridgehead atoms. The lowest BCUT2D eigenvalue weighted by Crippen LogP contribution is -2.74. The highest BCUT2D eigenvalue weighted by atomic mass is 16.3. The lowest BCUT2D eigenvalue weighted by Gasteiger charge is -2.51. The summed E-state index contributed by atoms with van der Waals surface area (Å²) in [5.41, 5.74) is -0.919. The van der Waals surface area contributed by atoms with E-state index in [0.29, 0.717) is 39.0 Å². The molecule has 176 valence electrons. The van der Waals surface area contributed by atoms with Crippen molar-refractivity contribution >= 4 is 17.7 Å². The molecular weight excluding hydrogens is 418 g/mol. The van der Waals surface area contributed by atoms with E-state index in [1.165, 1.54) is 22.8 Å². The second kappa shape index (κ2) is 8.75. The number of β-lactam (4-membered cyclic amide) rings is 1. The summed E-state index contributed by atoms with van der Waals surface area (Å²) in [5.74, 6) is -0.635. The van der Waals surface area contributed by atoms with Crippen LogP contribution in [0.5, 0.6) is 0 Å². The summed E-state index contributed by atoms with van der Waals surface area (Å²) in [5, 5.41) is 27.3. The van der Waals surface area contributed by atoms with E-state index in [9.17, 15) is 24.6 Å². The first-order chi connectivity index (χ1) is 15.2. The number of aryl methyl sites for hydroxylation is 1. The van der Waals surface area contributed by atoms with Gasteiger partial charge in [0.05, 0.1) is 19.2 Å². The fraction of sp³-hybridized carbons (Fsp3) is 0.750. The Bertz CT molecular complexity index is 883. The Hall–Kier alpha value is -2.57. The molecule has 4 rings (SSSR count). The van der Waals surface area contributed by atoms with Crippen molar-refractivity contribution in [1.82, 2.24) is 34.8 Å². The predicted molar refractivity (Wildman–Crippen MR) is 111 cm³/mol. The van der Waals surface area contributed by atoms with E-state index in [-0.39, 0.29) is 30.1 Å². The number of carbonyl (C=O) groups excluding carboxylic acids is 3. The van der Waals surface area contributed by atoms with Crippen molar-refractivity contribution in [3.8, 4) is 0 Å². The highest BCUT2D eigenvalue weighted by Gasteiger charge is 2.60. The second-order valence-electron chi connectivity index (χ2n) is 8.92. The summed E-state index contributed by atoms with van der Waals surface area (Å²) in [6, 6.07) is -0.950. The average Bonchev–Trinajstić information content (AvgIpc) is 3.51. The summed E-state index contributed by atoms with van der Waals surface area (Å²) in [7, 11) is 1.63. The molecule has 3 aliphatic rings. The number of rotatable bonds is 7. The van der Waals surface area contributed by atoms with Crippen LogP contribution in [0.2, 0.25) is 0 Å². The summed E-state index contributed by atoms with van der Waals surface area (Å²) in [4.78, 5) is 47.4. The molecule has 0 aromatic carbocycles. The normalized spacial score (nSPS) is 25.9. The molecule has 0 saturated carbocycles. The lowest BCUT2D eigenvalue weighted by atomic mass is 9.85. The van der Waals surface area contributed by atoms with Gasteiger partial charge in [-0.3, -0.25) is 19.7 Å². The van der Waals surface area contributed by atoms with Gasteiger partial charge in [0.1, 0.15) is 24.1 Å². The third kappa shape index (κ3) is 3.86. The van der Waals surface area contributed by atoms with Crippen molar-refractivity contribution in [3.05, 3.63) is 12.2 Å². The smallest absolute Gasteiger partial charge is 0.292 e. The molecule has 1 aromatic heterocycles. The molecule has 0 radical (unpaired) electrons. The van der Waals surface area contributed by atoms with Crippen LogP contribution in [0.3, 0.4) is 0 Å². The summed E-state index contributed by atoms with van der Waals surface area (Å²) >= 11 is 0. The van der Waals surface area contributed by atoms with Gasteiger partial charge in [-0.05, 0) is 32.6 Å². The van der Waals surface area contributed by atoms with Crippen molar-refractivity contribution in [2.24, 2.45) is 7.05 Å². The topological polar surface area (TPSA) is 144 Å². The number of hydrogen-bond donors (Lipinski definition) is 3. The van der Waals surface area contributed by atoms with Crippen molar-refractivity contribution < 1.29 is 24.6 Å². The molecule has 0 aliphatic carbocycles. The van der Waals surface area contributed by atoms with E-state index in [1.54, 1.807) is 16.8 Å². The highest BCUT2D eigenvalue weighted by Crippen LogP contribution is 2.39. The molecule has 4 atom stereocenters. The second-order valence-corrected chi connectivity index (χ2v) is 8.92. The first kappa shape index (κ1) is 22.6. The van der Waals surface area contributed by atoms with Crippen LogP contribution >= 0.6 is 0 Å². The monoisotopic (exact) mass is 449 g/mol. The molecular formula is C20H31N7O5. The molecule has 3 amide bonds. The fourth-order valence-electron chi connectivity index (χ4n) is 5.00. The molecule has 3 aliphatic heterocycles. The van der Waals surface area contributed by atoms with E-state index < -0.39 is 23.9 Å². The van der Waals surface area contributed by atoms with Crippen molar-refractivity contribution in [1.29, 1.82) is 0 Å². The van der Waals surface area contributed by atoms with Gasteiger partial charge in [0.15, 0.2) is 0 Å². The van der Waals surface area contributed by atoms with Gasteiger partial charge in [0, 0.05) is 26.7 Å². The van der Waals surface area contributed by atoms with Crippen molar-refractivity contribution in [2.75, 3.05) is 32.7 Å². The average molecular weight is 450 g/mol. The number of β-amino-alcohol motifs (C(OH)–C–C–N with tert-alkyl or cyclic N) is 1. The van der Waals surface area contributed by atoms with Crippen LogP contribution < -0.4 is 5.32 Å². The summed E-state index contributed by atoms with van der Waals surface area (Å²) in [6.45, 7) is 3.50. The molecule has 1 aromatic rings. The number of aromatic nitrogens is 3. The molecule has 2 unspecified atom stereocenters. The number of hydrogen-bond acceptors (Lipinski definition) is 8. The quantitative estimate of drug-likeness (QED) is 0.318. The molecule has 12 heteroatoms. The Labute approximate surface area is 186 Å². The first-order valence-corrected chi connectivity index (χ1v) is 11.1. The van der Waals surface area contributed by atoms with Gasteiger partial charge >= 0.3 is 0 Å². The van der Waals surface area contributed by atoms with Crippen LogP contribution in [-0.4, -0.2) is 114 Å². The van der Waals surface area contributed by atoms with E-state index in [4.69, 9.17) is 0 Å². The molecule has 3 N–H and O–H groups in total. The van der Waals surface area contributed by atoms with Crippen LogP contribution in [-0.2, 0) is 16.6 Å². The summed E-state index contributed by atoms with van der Waals surface area (Å²) in [6.07, 6.45) is 2.23. The van der Waals surface area contributed by atoms with Crippen molar-refractivity contribution in [2.45, 2.75) is 56.5 Å². The number of likely N-dealkylation sites (tertiary alicyclic amines) is 3. The highest BCUT2D eigenvalue weighted by molar-refractivity contribution is 6.01. The number of aliphatic hydroxyl groups excluding tert-OH is 2. The van der Waals surface area contributed by atoms with Crippen molar-refractivity contribution in [3.63, 3.8) is 0 Å². The standard InChI is InChI=1S/C20H31N7O5/c1-13(28)15(17(30)25-7-3-4-8-25)23-14(29)10-26-11-20(19(26)32)6-5-9-27(20)18(31)16-21-12-22-24(16)2/h12-15,23,28-29H,3-11H2,1-2H3/t13-,14?,15+,20?/m1/s1.